The summed E-state index contributed by atoms with van der Waals surface area (Å²) in [7, 11) is 1.73. The van der Waals surface area contributed by atoms with Gasteiger partial charge >= 0.3 is 0 Å². The summed E-state index contributed by atoms with van der Waals surface area (Å²) < 4.78 is 6.61. The molecular weight excluding hydrogens is 452 g/mol. The van der Waals surface area contributed by atoms with Gasteiger partial charge in [0.15, 0.2) is 5.82 Å². The molecule has 0 unspecified atom stereocenters. The summed E-state index contributed by atoms with van der Waals surface area (Å²) >= 11 is 3.51. The van der Waals surface area contributed by atoms with Crippen molar-refractivity contribution in [1.29, 1.82) is 0 Å². The van der Waals surface area contributed by atoms with Crippen LogP contribution in [0.4, 0.5) is 11.5 Å². The van der Waals surface area contributed by atoms with Gasteiger partial charge in [0.25, 0.3) is 0 Å². The van der Waals surface area contributed by atoms with Crippen LogP contribution in [0.1, 0.15) is 0 Å². The van der Waals surface area contributed by atoms with Crippen LogP contribution in [0.25, 0.3) is 22.3 Å². The number of piperazine rings is 1. The van der Waals surface area contributed by atoms with E-state index in [1.807, 2.05) is 30.3 Å². The first-order chi connectivity index (χ1) is 15.2. The molecule has 2 heterocycles. The molecule has 156 valence electrons. The van der Waals surface area contributed by atoms with Crippen LogP contribution in [-0.2, 0) is 0 Å². The van der Waals surface area contributed by atoms with Crippen LogP contribution in [0.15, 0.2) is 77.3 Å². The summed E-state index contributed by atoms with van der Waals surface area (Å²) in [5.41, 5.74) is 3.13. The third-order valence-electron chi connectivity index (χ3n) is 5.69. The van der Waals surface area contributed by atoms with Crippen LogP contribution in [-0.4, -0.2) is 43.3 Å². The van der Waals surface area contributed by atoms with E-state index in [0.29, 0.717) is 0 Å². The SMILES string of the molecule is COc1ccccc1N1CCN(c2nc(-c3ccc(Br)cc3)nc3ccccc23)CC1. The lowest BCUT2D eigenvalue weighted by atomic mass is 10.1. The Hall–Kier alpha value is -3.12. The van der Waals surface area contributed by atoms with Crippen LogP contribution in [0, 0.1) is 0 Å². The summed E-state index contributed by atoms with van der Waals surface area (Å²) in [6.07, 6.45) is 0. The molecule has 0 N–H and O–H groups in total. The molecule has 0 spiro atoms. The number of methoxy groups -OCH3 is 1. The molecule has 31 heavy (non-hydrogen) atoms. The van der Waals surface area contributed by atoms with E-state index in [2.05, 4.69) is 68.2 Å². The Morgan fingerprint density at radius 2 is 1.45 bits per heavy atom. The molecule has 0 bridgehead atoms. The predicted molar refractivity (Wildman–Crippen MR) is 130 cm³/mol. The topological polar surface area (TPSA) is 41.5 Å². The van der Waals surface area contributed by atoms with Gasteiger partial charge in [-0.25, -0.2) is 9.97 Å². The summed E-state index contributed by atoms with van der Waals surface area (Å²) in [5, 5.41) is 1.09. The second-order valence-electron chi connectivity index (χ2n) is 7.54. The standard InChI is InChI=1S/C25H23BrN4O/c1-31-23-9-5-4-8-22(23)29-14-16-30(17-15-29)25-20-6-2-3-7-21(20)27-24(28-25)18-10-12-19(26)13-11-18/h2-13H,14-17H2,1H3. The van der Waals surface area contributed by atoms with Gasteiger partial charge in [-0.05, 0) is 36.4 Å². The maximum atomic E-state index is 5.56. The highest BCUT2D eigenvalue weighted by Gasteiger charge is 2.22. The van der Waals surface area contributed by atoms with Gasteiger partial charge < -0.3 is 14.5 Å². The highest BCUT2D eigenvalue weighted by atomic mass is 79.9. The molecular formula is C25H23BrN4O. The van der Waals surface area contributed by atoms with E-state index in [-0.39, 0.29) is 0 Å². The maximum Gasteiger partial charge on any atom is 0.162 e. The number of anilines is 2. The molecule has 1 aliphatic heterocycles. The fourth-order valence-electron chi connectivity index (χ4n) is 4.08. The normalized spacial score (nSPS) is 14.1. The van der Waals surface area contributed by atoms with Gasteiger partial charge in [-0.2, -0.15) is 0 Å². The molecule has 6 heteroatoms. The highest BCUT2D eigenvalue weighted by molar-refractivity contribution is 9.10. The van der Waals surface area contributed by atoms with Crippen molar-refractivity contribution in [2.45, 2.75) is 0 Å². The summed E-state index contributed by atoms with van der Waals surface area (Å²) in [6, 6.07) is 24.6. The second kappa shape index (κ2) is 8.55. The van der Waals surface area contributed by atoms with Gasteiger partial charge in [-0.3, -0.25) is 0 Å². The van der Waals surface area contributed by atoms with E-state index in [9.17, 15) is 0 Å². The van der Waals surface area contributed by atoms with E-state index in [4.69, 9.17) is 14.7 Å². The van der Waals surface area contributed by atoms with Crippen molar-refractivity contribution in [3.05, 3.63) is 77.3 Å². The van der Waals surface area contributed by atoms with Crippen molar-refractivity contribution in [3.8, 4) is 17.1 Å². The number of para-hydroxylation sites is 3. The van der Waals surface area contributed by atoms with Crippen molar-refractivity contribution in [2.75, 3.05) is 43.1 Å². The molecule has 1 saturated heterocycles. The molecule has 0 aliphatic carbocycles. The minimum atomic E-state index is 0.758. The third kappa shape index (κ3) is 3.95. The number of fused-ring (bicyclic) bond motifs is 1. The Kier molecular flexibility index (Phi) is 5.47. The maximum absolute atomic E-state index is 5.56. The molecule has 5 rings (SSSR count). The van der Waals surface area contributed by atoms with Gasteiger partial charge in [0, 0.05) is 41.6 Å². The monoisotopic (exact) mass is 474 g/mol. The molecule has 4 aromatic rings. The minimum absolute atomic E-state index is 0.758. The first-order valence-electron chi connectivity index (χ1n) is 10.4. The van der Waals surface area contributed by atoms with Gasteiger partial charge in [0.1, 0.15) is 11.6 Å². The van der Waals surface area contributed by atoms with Gasteiger partial charge in [0.2, 0.25) is 0 Å². The van der Waals surface area contributed by atoms with Crippen LogP contribution in [0.5, 0.6) is 5.75 Å². The largest absolute Gasteiger partial charge is 0.495 e. The Bertz CT molecular complexity index is 1200. The smallest absolute Gasteiger partial charge is 0.162 e. The number of halogens is 1. The molecule has 0 atom stereocenters. The summed E-state index contributed by atoms with van der Waals surface area (Å²) in [6.45, 7) is 3.59. The second-order valence-corrected chi connectivity index (χ2v) is 8.46. The molecule has 0 amide bonds. The Morgan fingerprint density at radius 1 is 0.774 bits per heavy atom. The summed E-state index contributed by atoms with van der Waals surface area (Å²) in [4.78, 5) is 14.6. The van der Waals surface area contributed by atoms with Gasteiger partial charge in [-0.1, -0.05) is 52.3 Å². The molecule has 0 radical (unpaired) electrons. The third-order valence-corrected chi connectivity index (χ3v) is 6.22. The van der Waals surface area contributed by atoms with Crippen molar-refractivity contribution < 1.29 is 4.74 Å². The number of benzene rings is 3. The van der Waals surface area contributed by atoms with Crippen LogP contribution in [0.3, 0.4) is 0 Å². The molecule has 5 nitrogen and oxygen atoms in total. The molecule has 1 fully saturated rings. The van der Waals surface area contributed by atoms with E-state index in [0.717, 1.165) is 70.2 Å². The Labute approximate surface area is 190 Å². The highest BCUT2D eigenvalue weighted by Crippen LogP contribution is 2.32. The van der Waals surface area contributed by atoms with E-state index >= 15 is 0 Å². The predicted octanol–water partition coefficient (Wildman–Crippen LogP) is 5.39. The van der Waals surface area contributed by atoms with Crippen molar-refractivity contribution >= 4 is 38.3 Å². The number of ether oxygens (including phenoxy) is 1. The molecule has 1 aliphatic rings. The zero-order chi connectivity index (χ0) is 21.2. The van der Waals surface area contributed by atoms with Crippen LogP contribution < -0.4 is 14.5 Å². The van der Waals surface area contributed by atoms with Crippen LogP contribution >= 0.6 is 15.9 Å². The average Bonchev–Trinajstić information content (AvgIpc) is 2.84. The van der Waals surface area contributed by atoms with Crippen molar-refractivity contribution in [2.24, 2.45) is 0 Å². The average molecular weight is 475 g/mol. The fraction of sp³-hybridized carbons (Fsp3) is 0.200. The number of aromatic nitrogens is 2. The van der Waals surface area contributed by atoms with E-state index in [1.165, 1.54) is 0 Å². The van der Waals surface area contributed by atoms with Crippen LogP contribution in [0.2, 0.25) is 0 Å². The summed E-state index contributed by atoms with van der Waals surface area (Å²) in [5.74, 6) is 2.68. The van der Waals surface area contributed by atoms with E-state index < -0.39 is 0 Å². The molecule has 3 aromatic carbocycles. The van der Waals surface area contributed by atoms with E-state index in [1.54, 1.807) is 7.11 Å². The first-order valence-corrected chi connectivity index (χ1v) is 11.2. The van der Waals surface area contributed by atoms with Crippen molar-refractivity contribution in [1.82, 2.24) is 9.97 Å². The minimum Gasteiger partial charge on any atom is -0.495 e. The fourth-order valence-corrected chi connectivity index (χ4v) is 4.34. The van der Waals surface area contributed by atoms with Crippen molar-refractivity contribution in [3.63, 3.8) is 0 Å². The molecule has 0 saturated carbocycles. The molecule has 1 aromatic heterocycles. The quantitative estimate of drug-likeness (QED) is 0.396. The number of hydrogen-bond donors (Lipinski definition) is 0. The lowest BCUT2D eigenvalue weighted by Gasteiger charge is -2.37. The lowest BCUT2D eigenvalue weighted by molar-refractivity contribution is 0.413. The number of nitrogens with zero attached hydrogens (tertiary/aromatic N) is 4. The zero-order valence-electron chi connectivity index (χ0n) is 17.3. The number of rotatable bonds is 4. The van der Waals surface area contributed by atoms with Gasteiger partial charge in [-0.15, -0.1) is 0 Å². The Balaban J connectivity index is 1.47. The first kappa shape index (κ1) is 19.8. The van der Waals surface area contributed by atoms with Gasteiger partial charge in [0.05, 0.1) is 18.3 Å². The number of hydrogen-bond acceptors (Lipinski definition) is 5. The zero-order valence-corrected chi connectivity index (χ0v) is 18.9. The lowest BCUT2D eigenvalue weighted by Crippen LogP contribution is -2.47. The Morgan fingerprint density at radius 3 is 2.23 bits per heavy atom.